The molecule has 1 aromatic carbocycles. The summed E-state index contributed by atoms with van der Waals surface area (Å²) in [4.78, 5) is 11.2. The van der Waals surface area contributed by atoms with Crippen molar-refractivity contribution in [2.75, 3.05) is 24.9 Å². The summed E-state index contributed by atoms with van der Waals surface area (Å²) in [6.45, 7) is 0. The van der Waals surface area contributed by atoms with Gasteiger partial charge in [0, 0.05) is 12.1 Å². The molecule has 1 rings (SSSR count). The molecule has 0 aromatic heterocycles. The Balaban J connectivity index is 3.09. The van der Waals surface area contributed by atoms with Gasteiger partial charge in [-0.05, 0) is 0 Å². The molecule has 0 bridgehead atoms. The van der Waals surface area contributed by atoms with E-state index >= 15 is 0 Å². The van der Waals surface area contributed by atoms with E-state index in [1.54, 1.807) is 12.1 Å². The number of rotatable bonds is 4. The van der Waals surface area contributed by atoms with E-state index in [4.69, 9.17) is 21.1 Å². The Morgan fingerprint density at radius 2 is 2.00 bits per heavy atom. The fourth-order valence-corrected chi connectivity index (χ4v) is 1.51. The lowest BCUT2D eigenvalue weighted by molar-refractivity contribution is -0.113. The minimum absolute atomic E-state index is 0.178. The van der Waals surface area contributed by atoms with E-state index in [1.807, 2.05) is 0 Å². The van der Waals surface area contributed by atoms with Crippen LogP contribution in [0.2, 0.25) is 5.02 Å². The molecule has 1 aromatic rings. The van der Waals surface area contributed by atoms with Gasteiger partial charge in [-0.25, -0.2) is 0 Å². The summed E-state index contributed by atoms with van der Waals surface area (Å²) in [5.74, 6) is 0.787. The molecule has 0 saturated carbocycles. The van der Waals surface area contributed by atoms with Crippen LogP contribution in [0.1, 0.15) is 0 Å². The average molecular weight is 309 g/mol. The molecule has 16 heavy (non-hydrogen) atoms. The van der Waals surface area contributed by atoms with Gasteiger partial charge in [-0.1, -0.05) is 27.5 Å². The number of carbonyl (C=O) groups excluding carboxylic acids is 1. The number of nitrogens with one attached hydrogen (secondary N) is 1. The number of halogens is 2. The van der Waals surface area contributed by atoms with Crippen LogP contribution in [0.25, 0.3) is 0 Å². The highest BCUT2D eigenvalue weighted by atomic mass is 79.9. The number of methoxy groups -OCH3 is 2. The van der Waals surface area contributed by atoms with Crippen molar-refractivity contribution in [3.05, 3.63) is 17.2 Å². The minimum atomic E-state index is -0.178. The van der Waals surface area contributed by atoms with Gasteiger partial charge in [0.15, 0.2) is 0 Å². The SMILES string of the molecule is COc1cc(NC(=O)CBr)c(OC)cc1Cl. The molecule has 0 unspecified atom stereocenters. The van der Waals surface area contributed by atoms with Crippen molar-refractivity contribution in [3.8, 4) is 11.5 Å². The van der Waals surface area contributed by atoms with E-state index < -0.39 is 0 Å². The Kier molecular flexibility index (Phi) is 4.89. The predicted octanol–water partition coefficient (Wildman–Crippen LogP) is 2.69. The molecule has 0 aliphatic rings. The number of alkyl halides is 1. The van der Waals surface area contributed by atoms with Gasteiger partial charge in [0.2, 0.25) is 5.91 Å². The van der Waals surface area contributed by atoms with Crippen molar-refractivity contribution < 1.29 is 14.3 Å². The highest BCUT2D eigenvalue weighted by molar-refractivity contribution is 9.09. The highest BCUT2D eigenvalue weighted by Gasteiger charge is 2.11. The van der Waals surface area contributed by atoms with E-state index in [-0.39, 0.29) is 11.2 Å². The summed E-state index contributed by atoms with van der Waals surface area (Å²) in [5, 5.41) is 3.30. The third kappa shape index (κ3) is 3.02. The first kappa shape index (κ1) is 13.1. The maximum absolute atomic E-state index is 11.2. The minimum Gasteiger partial charge on any atom is -0.495 e. The third-order valence-corrected chi connectivity index (χ3v) is 2.67. The lowest BCUT2D eigenvalue weighted by Crippen LogP contribution is -2.13. The van der Waals surface area contributed by atoms with Crippen molar-refractivity contribution in [3.63, 3.8) is 0 Å². The van der Waals surface area contributed by atoms with Crippen LogP contribution < -0.4 is 14.8 Å². The summed E-state index contributed by atoms with van der Waals surface area (Å²) in [5.41, 5.74) is 0.521. The first-order chi connectivity index (χ1) is 7.62. The van der Waals surface area contributed by atoms with Crippen molar-refractivity contribution in [2.45, 2.75) is 0 Å². The molecule has 0 heterocycles. The predicted molar refractivity (Wildman–Crippen MR) is 67.0 cm³/mol. The molecule has 0 atom stereocenters. The Labute approximate surface area is 107 Å². The van der Waals surface area contributed by atoms with E-state index in [9.17, 15) is 4.79 Å². The van der Waals surface area contributed by atoms with Gasteiger partial charge in [-0.2, -0.15) is 0 Å². The van der Waals surface area contributed by atoms with Crippen LogP contribution in [-0.2, 0) is 4.79 Å². The second-order valence-electron chi connectivity index (χ2n) is 2.87. The number of hydrogen-bond donors (Lipinski definition) is 1. The van der Waals surface area contributed by atoms with Crippen LogP contribution in [0.5, 0.6) is 11.5 Å². The van der Waals surface area contributed by atoms with Crippen LogP contribution in [-0.4, -0.2) is 25.5 Å². The van der Waals surface area contributed by atoms with Crippen molar-refractivity contribution in [2.24, 2.45) is 0 Å². The van der Waals surface area contributed by atoms with Crippen molar-refractivity contribution in [1.82, 2.24) is 0 Å². The Morgan fingerprint density at radius 3 is 2.50 bits per heavy atom. The van der Waals surface area contributed by atoms with Crippen molar-refractivity contribution in [1.29, 1.82) is 0 Å². The fraction of sp³-hybridized carbons (Fsp3) is 0.300. The molecular weight excluding hydrogens is 297 g/mol. The number of amides is 1. The van der Waals surface area contributed by atoms with Gasteiger partial charge in [0.25, 0.3) is 0 Å². The molecule has 0 fully saturated rings. The number of benzene rings is 1. The monoisotopic (exact) mass is 307 g/mol. The van der Waals surface area contributed by atoms with Crippen LogP contribution in [0, 0.1) is 0 Å². The van der Waals surface area contributed by atoms with E-state index in [0.717, 1.165) is 0 Å². The maximum Gasteiger partial charge on any atom is 0.235 e. The first-order valence-electron chi connectivity index (χ1n) is 4.39. The van der Waals surface area contributed by atoms with Gasteiger partial charge >= 0.3 is 0 Å². The third-order valence-electron chi connectivity index (χ3n) is 1.87. The smallest absolute Gasteiger partial charge is 0.235 e. The lowest BCUT2D eigenvalue weighted by atomic mass is 10.2. The second-order valence-corrected chi connectivity index (χ2v) is 3.84. The largest absolute Gasteiger partial charge is 0.495 e. The van der Waals surface area contributed by atoms with Gasteiger partial charge < -0.3 is 14.8 Å². The number of ether oxygens (including phenoxy) is 2. The first-order valence-corrected chi connectivity index (χ1v) is 5.89. The normalized spacial score (nSPS) is 9.75. The Bertz CT molecular complexity index is 398. The van der Waals surface area contributed by atoms with Gasteiger partial charge in [-0.15, -0.1) is 0 Å². The van der Waals surface area contributed by atoms with E-state index in [2.05, 4.69) is 21.2 Å². The molecule has 6 heteroatoms. The summed E-state index contributed by atoms with van der Waals surface area (Å²) in [7, 11) is 3.01. The zero-order chi connectivity index (χ0) is 12.1. The molecule has 1 amide bonds. The van der Waals surface area contributed by atoms with E-state index in [1.165, 1.54) is 14.2 Å². The molecule has 0 aliphatic carbocycles. The Hall–Kier alpha value is -0.940. The molecule has 4 nitrogen and oxygen atoms in total. The fourth-order valence-electron chi connectivity index (χ4n) is 1.14. The molecule has 0 radical (unpaired) electrons. The molecular formula is C10H11BrClNO3. The second kappa shape index (κ2) is 5.96. The number of anilines is 1. The topological polar surface area (TPSA) is 47.6 Å². The quantitative estimate of drug-likeness (QED) is 0.870. The van der Waals surface area contributed by atoms with Gasteiger partial charge in [-0.3, -0.25) is 4.79 Å². The maximum atomic E-state index is 11.2. The molecule has 0 aliphatic heterocycles. The molecule has 88 valence electrons. The van der Waals surface area contributed by atoms with Gasteiger partial charge in [0.05, 0.1) is 30.3 Å². The van der Waals surface area contributed by atoms with E-state index in [0.29, 0.717) is 22.2 Å². The van der Waals surface area contributed by atoms with Crippen LogP contribution in [0.15, 0.2) is 12.1 Å². The molecule has 0 spiro atoms. The summed E-state index contributed by atoms with van der Waals surface area (Å²) in [6.07, 6.45) is 0. The average Bonchev–Trinajstić information content (AvgIpc) is 2.30. The summed E-state index contributed by atoms with van der Waals surface area (Å²) >= 11 is 8.98. The zero-order valence-corrected chi connectivity index (χ0v) is 11.2. The Morgan fingerprint density at radius 1 is 1.38 bits per heavy atom. The standard InChI is InChI=1S/C10H11BrClNO3/c1-15-8-4-7(13-10(14)5-11)9(16-2)3-6(8)12/h3-4H,5H2,1-2H3,(H,13,14). The van der Waals surface area contributed by atoms with Crippen LogP contribution >= 0.6 is 27.5 Å². The van der Waals surface area contributed by atoms with Crippen molar-refractivity contribution >= 4 is 39.1 Å². The van der Waals surface area contributed by atoms with Crippen LogP contribution in [0.4, 0.5) is 5.69 Å². The summed E-state index contributed by atoms with van der Waals surface area (Å²) in [6, 6.07) is 3.20. The lowest BCUT2D eigenvalue weighted by Gasteiger charge is -2.12. The van der Waals surface area contributed by atoms with Gasteiger partial charge in [0.1, 0.15) is 11.5 Å². The van der Waals surface area contributed by atoms with Crippen LogP contribution in [0.3, 0.4) is 0 Å². The highest BCUT2D eigenvalue weighted by Crippen LogP contribution is 2.35. The molecule has 1 N–H and O–H groups in total. The number of carbonyl (C=O) groups is 1. The molecule has 0 saturated heterocycles. The summed E-state index contributed by atoms with van der Waals surface area (Å²) < 4.78 is 10.2. The zero-order valence-electron chi connectivity index (χ0n) is 8.84. The number of hydrogen-bond acceptors (Lipinski definition) is 3.